The lowest BCUT2D eigenvalue weighted by atomic mass is 9.81. The van der Waals surface area contributed by atoms with Crippen LogP contribution in [0.3, 0.4) is 0 Å². The Labute approximate surface area is 136 Å². The molecular weight excluding hydrogens is 292 g/mol. The van der Waals surface area contributed by atoms with Gasteiger partial charge in [-0.3, -0.25) is 19.3 Å². The molecule has 1 saturated heterocycles. The van der Waals surface area contributed by atoms with Crippen molar-refractivity contribution in [3.8, 4) is 0 Å². The molecule has 0 aromatic heterocycles. The van der Waals surface area contributed by atoms with Gasteiger partial charge in [-0.25, -0.2) is 0 Å². The molecule has 1 aromatic carbocycles. The Hall–Kier alpha value is -2.17. The van der Waals surface area contributed by atoms with E-state index >= 15 is 0 Å². The minimum atomic E-state index is -0.209. The second kappa shape index (κ2) is 6.52. The summed E-state index contributed by atoms with van der Waals surface area (Å²) in [6, 6.07) is 9.33. The van der Waals surface area contributed by atoms with Crippen LogP contribution in [-0.2, 0) is 14.4 Å². The van der Waals surface area contributed by atoms with Gasteiger partial charge in [-0.1, -0.05) is 31.0 Å². The maximum atomic E-state index is 12.6. The van der Waals surface area contributed by atoms with Gasteiger partial charge in [0.1, 0.15) is 6.54 Å². The van der Waals surface area contributed by atoms with Crippen molar-refractivity contribution in [1.82, 2.24) is 4.90 Å². The number of likely N-dealkylation sites (N-methyl/N-ethyl adjacent to an activating group) is 1. The number of benzene rings is 1. The van der Waals surface area contributed by atoms with Crippen LogP contribution >= 0.6 is 0 Å². The van der Waals surface area contributed by atoms with Crippen molar-refractivity contribution in [2.75, 3.05) is 18.0 Å². The van der Waals surface area contributed by atoms with Crippen LogP contribution in [0.2, 0.25) is 0 Å². The van der Waals surface area contributed by atoms with E-state index in [-0.39, 0.29) is 36.1 Å². The highest BCUT2D eigenvalue weighted by Crippen LogP contribution is 2.37. The predicted octanol–water partition coefficient (Wildman–Crippen LogP) is 2.21. The normalized spacial score (nSPS) is 23.8. The van der Waals surface area contributed by atoms with Gasteiger partial charge in [-0.2, -0.15) is 0 Å². The van der Waals surface area contributed by atoms with E-state index in [2.05, 4.69) is 0 Å². The minimum Gasteiger partial charge on any atom is -0.311 e. The van der Waals surface area contributed by atoms with Crippen LogP contribution in [0.5, 0.6) is 0 Å². The first-order valence-corrected chi connectivity index (χ1v) is 8.34. The number of imide groups is 1. The summed E-state index contributed by atoms with van der Waals surface area (Å²) in [5, 5.41) is 0. The van der Waals surface area contributed by atoms with Crippen molar-refractivity contribution in [3.05, 3.63) is 30.3 Å². The van der Waals surface area contributed by atoms with Crippen LogP contribution < -0.4 is 4.90 Å². The summed E-state index contributed by atoms with van der Waals surface area (Å²) < 4.78 is 0. The summed E-state index contributed by atoms with van der Waals surface area (Å²) in [7, 11) is 0. The van der Waals surface area contributed by atoms with E-state index in [1.165, 1.54) is 4.90 Å². The van der Waals surface area contributed by atoms with E-state index in [1.54, 1.807) is 4.90 Å². The highest BCUT2D eigenvalue weighted by Gasteiger charge is 2.48. The molecule has 0 spiro atoms. The molecule has 2 aliphatic rings. The van der Waals surface area contributed by atoms with Crippen molar-refractivity contribution < 1.29 is 14.4 Å². The monoisotopic (exact) mass is 314 g/mol. The Kier molecular flexibility index (Phi) is 4.46. The summed E-state index contributed by atoms with van der Waals surface area (Å²) >= 11 is 0. The van der Waals surface area contributed by atoms with Crippen molar-refractivity contribution >= 4 is 23.4 Å². The van der Waals surface area contributed by atoms with Crippen molar-refractivity contribution in [1.29, 1.82) is 0 Å². The number of nitrogens with zero attached hydrogens (tertiary/aromatic N) is 2. The summed E-state index contributed by atoms with van der Waals surface area (Å²) in [6.45, 7) is 2.25. The molecule has 23 heavy (non-hydrogen) atoms. The summed E-state index contributed by atoms with van der Waals surface area (Å²) in [5.41, 5.74) is 0.788. The molecule has 5 heteroatoms. The highest BCUT2D eigenvalue weighted by molar-refractivity contribution is 6.09. The standard InChI is InChI=1S/C18H22N2O3/c1-2-19(13-8-4-3-5-9-13)16(21)12-20-17(22)14-10-6-7-11-15(14)18(20)23/h3-5,8-9,14-15H,2,6-7,10-12H2,1H3. The zero-order valence-electron chi connectivity index (χ0n) is 13.4. The molecule has 3 rings (SSSR count). The number of carbonyl (C=O) groups excluding carboxylic acids is 3. The Morgan fingerprint density at radius 2 is 1.65 bits per heavy atom. The molecule has 122 valence electrons. The molecule has 2 unspecified atom stereocenters. The Morgan fingerprint density at radius 3 is 2.17 bits per heavy atom. The number of amides is 3. The maximum Gasteiger partial charge on any atom is 0.247 e. The van der Waals surface area contributed by atoms with E-state index in [0.29, 0.717) is 6.54 Å². The quantitative estimate of drug-likeness (QED) is 0.801. The fourth-order valence-electron chi connectivity index (χ4n) is 3.72. The third-order valence-corrected chi connectivity index (χ3v) is 4.91. The lowest BCUT2D eigenvalue weighted by Gasteiger charge is -2.23. The van der Waals surface area contributed by atoms with Gasteiger partial charge in [0, 0.05) is 12.2 Å². The first-order chi connectivity index (χ1) is 11.1. The van der Waals surface area contributed by atoms with Gasteiger partial charge in [0.25, 0.3) is 0 Å². The molecule has 0 N–H and O–H groups in total. The van der Waals surface area contributed by atoms with Gasteiger partial charge in [0.15, 0.2) is 0 Å². The summed E-state index contributed by atoms with van der Waals surface area (Å²) in [5.74, 6) is -0.917. The molecule has 1 aliphatic carbocycles. The number of para-hydroxylation sites is 1. The zero-order valence-corrected chi connectivity index (χ0v) is 13.4. The Bertz CT molecular complexity index is 590. The van der Waals surface area contributed by atoms with Crippen molar-refractivity contribution in [2.24, 2.45) is 11.8 Å². The van der Waals surface area contributed by atoms with Crippen LogP contribution in [0, 0.1) is 11.8 Å². The van der Waals surface area contributed by atoms with E-state index in [1.807, 2.05) is 37.3 Å². The van der Waals surface area contributed by atoms with Crippen LogP contribution in [0.15, 0.2) is 30.3 Å². The first kappa shape index (κ1) is 15.7. The fraction of sp³-hybridized carbons (Fsp3) is 0.500. The molecule has 5 nitrogen and oxygen atoms in total. The average molecular weight is 314 g/mol. The number of fused-ring (bicyclic) bond motifs is 1. The van der Waals surface area contributed by atoms with Crippen LogP contribution in [-0.4, -0.2) is 35.7 Å². The van der Waals surface area contributed by atoms with Gasteiger partial charge in [0.05, 0.1) is 11.8 Å². The molecule has 2 atom stereocenters. The van der Waals surface area contributed by atoms with Gasteiger partial charge < -0.3 is 4.90 Å². The maximum absolute atomic E-state index is 12.6. The van der Waals surface area contributed by atoms with Gasteiger partial charge in [-0.05, 0) is 31.9 Å². The molecule has 1 saturated carbocycles. The molecule has 0 bridgehead atoms. The van der Waals surface area contributed by atoms with Crippen molar-refractivity contribution in [2.45, 2.75) is 32.6 Å². The van der Waals surface area contributed by atoms with Crippen LogP contribution in [0.25, 0.3) is 0 Å². The third-order valence-electron chi connectivity index (χ3n) is 4.91. The Morgan fingerprint density at radius 1 is 1.09 bits per heavy atom. The summed E-state index contributed by atoms with van der Waals surface area (Å²) in [4.78, 5) is 40.3. The number of carbonyl (C=O) groups is 3. The van der Waals surface area contributed by atoms with Gasteiger partial charge in [0.2, 0.25) is 17.7 Å². The van der Waals surface area contributed by atoms with Gasteiger partial charge in [-0.15, -0.1) is 0 Å². The molecule has 0 radical (unpaired) electrons. The van der Waals surface area contributed by atoms with Crippen LogP contribution in [0.1, 0.15) is 32.6 Å². The number of likely N-dealkylation sites (tertiary alicyclic amines) is 1. The number of rotatable bonds is 4. The molecule has 3 amide bonds. The van der Waals surface area contributed by atoms with E-state index in [4.69, 9.17) is 0 Å². The molecule has 1 aliphatic heterocycles. The Balaban J connectivity index is 1.74. The fourth-order valence-corrected chi connectivity index (χ4v) is 3.72. The number of anilines is 1. The van der Waals surface area contributed by atoms with E-state index < -0.39 is 0 Å². The second-order valence-electron chi connectivity index (χ2n) is 6.23. The minimum absolute atomic E-state index is 0.145. The van der Waals surface area contributed by atoms with Crippen molar-refractivity contribution in [3.63, 3.8) is 0 Å². The van der Waals surface area contributed by atoms with Crippen LogP contribution in [0.4, 0.5) is 5.69 Å². The second-order valence-corrected chi connectivity index (χ2v) is 6.23. The topological polar surface area (TPSA) is 57.7 Å². The number of hydrogen-bond acceptors (Lipinski definition) is 3. The predicted molar refractivity (Wildman–Crippen MR) is 86.6 cm³/mol. The third kappa shape index (κ3) is 2.87. The SMILES string of the molecule is CCN(C(=O)CN1C(=O)C2CCCCC2C1=O)c1ccccc1. The van der Waals surface area contributed by atoms with E-state index in [0.717, 1.165) is 31.4 Å². The molecular formula is C18H22N2O3. The zero-order chi connectivity index (χ0) is 16.4. The van der Waals surface area contributed by atoms with E-state index in [9.17, 15) is 14.4 Å². The highest BCUT2D eigenvalue weighted by atomic mass is 16.2. The summed E-state index contributed by atoms with van der Waals surface area (Å²) in [6.07, 6.45) is 3.53. The molecule has 2 fully saturated rings. The first-order valence-electron chi connectivity index (χ1n) is 8.34. The molecule has 1 aromatic rings. The molecule has 1 heterocycles. The number of hydrogen-bond donors (Lipinski definition) is 0. The smallest absolute Gasteiger partial charge is 0.247 e. The lowest BCUT2D eigenvalue weighted by Crippen LogP contribution is -2.43. The largest absolute Gasteiger partial charge is 0.311 e. The lowest BCUT2D eigenvalue weighted by molar-refractivity contribution is -0.143. The van der Waals surface area contributed by atoms with Gasteiger partial charge >= 0.3 is 0 Å². The average Bonchev–Trinajstić information content (AvgIpc) is 2.82.